The second-order valence-corrected chi connectivity index (χ2v) is 11.1. The van der Waals surface area contributed by atoms with Gasteiger partial charge in [0.2, 0.25) is 0 Å². The lowest BCUT2D eigenvalue weighted by Crippen LogP contribution is -2.26. The van der Waals surface area contributed by atoms with Gasteiger partial charge >= 0.3 is 5.97 Å². The molecule has 6 nitrogen and oxygen atoms in total. The Bertz CT molecular complexity index is 1200. The highest BCUT2D eigenvalue weighted by molar-refractivity contribution is 7.86. The van der Waals surface area contributed by atoms with Crippen molar-refractivity contribution in [3.8, 4) is 5.75 Å². The summed E-state index contributed by atoms with van der Waals surface area (Å²) in [5.41, 5.74) is 2.11. The molecule has 0 amide bonds. The summed E-state index contributed by atoms with van der Waals surface area (Å²) < 4.78 is 42.1. The van der Waals surface area contributed by atoms with Crippen molar-refractivity contribution in [1.29, 1.82) is 0 Å². The zero-order chi connectivity index (χ0) is 25.5. The molecule has 186 valence electrons. The Labute approximate surface area is 208 Å². The topological polar surface area (TPSA) is 78.9 Å². The quantitative estimate of drug-likeness (QED) is 0.266. The van der Waals surface area contributed by atoms with Crippen LogP contribution in [0.1, 0.15) is 43.4 Å². The van der Waals surface area contributed by atoms with Crippen molar-refractivity contribution in [2.45, 2.75) is 45.1 Å². The van der Waals surface area contributed by atoms with E-state index in [-0.39, 0.29) is 24.1 Å². The number of carbonyl (C=O) groups is 1. The third-order valence-electron chi connectivity index (χ3n) is 5.36. The van der Waals surface area contributed by atoms with Crippen LogP contribution in [0.3, 0.4) is 0 Å². The summed E-state index contributed by atoms with van der Waals surface area (Å²) in [5.74, 6) is -0.173. The van der Waals surface area contributed by atoms with Crippen LogP contribution in [0, 0.1) is 12.3 Å². The zero-order valence-corrected chi connectivity index (χ0v) is 21.4. The largest absolute Gasteiger partial charge is 0.489 e. The highest BCUT2D eigenvalue weighted by atomic mass is 32.2. The van der Waals surface area contributed by atoms with Gasteiger partial charge in [0.15, 0.2) is 0 Å². The van der Waals surface area contributed by atoms with Gasteiger partial charge in [-0.1, -0.05) is 60.2 Å². The first-order valence-electron chi connectivity index (χ1n) is 11.4. The second kappa shape index (κ2) is 11.5. The van der Waals surface area contributed by atoms with Crippen molar-refractivity contribution < 1.29 is 26.9 Å². The van der Waals surface area contributed by atoms with Crippen molar-refractivity contribution in [2.75, 3.05) is 13.2 Å². The Morgan fingerprint density at radius 3 is 2.09 bits per heavy atom. The lowest BCUT2D eigenvalue weighted by molar-refractivity contribution is -0.153. The molecule has 3 aromatic carbocycles. The molecule has 35 heavy (non-hydrogen) atoms. The Kier molecular flexibility index (Phi) is 8.70. The number of aryl methyl sites for hydroxylation is 1. The van der Waals surface area contributed by atoms with Crippen LogP contribution < -0.4 is 4.74 Å². The van der Waals surface area contributed by atoms with E-state index in [1.54, 1.807) is 32.9 Å². The predicted octanol–water partition coefficient (Wildman–Crippen LogP) is 5.65. The molecular formula is C28H32O6S. The van der Waals surface area contributed by atoms with Crippen molar-refractivity contribution in [3.05, 3.63) is 95.6 Å². The molecule has 0 bridgehead atoms. The fraction of sp³-hybridized carbons (Fsp3) is 0.321. The van der Waals surface area contributed by atoms with E-state index in [4.69, 9.17) is 13.7 Å². The summed E-state index contributed by atoms with van der Waals surface area (Å²) in [6.45, 7) is 7.43. The molecule has 0 fully saturated rings. The maximum absolute atomic E-state index is 12.7. The minimum atomic E-state index is -3.96. The summed E-state index contributed by atoms with van der Waals surface area (Å²) >= 11 is 0. The lowest BCUT2D eigenvalue weighted by atomic mass is 9.97. The number of hydrogen-bond acceptors (Lipinski definition) is 6. The Morgan fingerprint density at radius 1 is 0.857 bits per heavy atom. The standard InChI is InChI=1S/C28H32O6S/c1-21-10-16-26(17-11-21)35(30,31)34-20-24(19-33-27(29)28(2,3)4)23-12-14-25(15-13-23)32-18-22-8-6-5-7-9-22/h5-17,24H,18-20H2,1-4H3/t24-/m0/s1. The van der Waals surface area contributed by atoms with Gasteiger partial charge in [-0.3, -0.25) is 8.98 Å². The molecule has 0 spiro atoms. The molecule has 0 aliphatic heterocycles. The van der Waals surface area contributed by atoms with Crippen molar-refractivity contribution in [3.63, 3.8) is 0 Å². The zero-order valence-electron chi connectivity index (χ0n) is 20.6. The first-order chi connectivity index (χ1) is 16.5. The van der Waals surface area contributed by atoms with E-state index in [9.17, 15) is 13.2 Å². The van der Waals surface area contributed by atoms with Crippen LogP contribution in [-0.2, 0) is 30.4 Å². The minimum absolute atomic E-state index is 0.0102. The first-order valence-corrected chi connectivity index (χ1v) is 12.9. The fourth-order valence-corrected chi connectivity index (χ4v) is 4.10. The molecule has 0 unspecified atom stereocenters. The van der Waals surface area contributed by atoms with Crippen LogP contribution in [0.25, 0.3) is 0 Å². The number of hydrogen-bond donors (Lipinski definition) is 0. The third-order valence-corrected chi connectivity index (χ3v) is 6.66. The third kappa shape index (κ3) is 7.94. The van der Waals surface area contributed by atoms with Crippen LogP contribution >= 0.6 is 0 Å². The van der Waals surface area contributed by atoms with Gasteiger partial charge < -0.3 is 9.47 Å². The minimum Gasteiger partial charge on any atom is -0.489 e. The number of benzene rings is 3. The monoisotopic (exact) mass is 496 g/mol. The maximum Gasteiger partial charge on any atom is 0.311 e. The van der Waals surface area contributed by atoms with Crippen LogP contribution in [0.5, 0.6) is 5.75 Å². The highest BCUT2D eigenvalue weighted by Crippen LogP contribution is 2.25. The molecule has 0 radical (unpaired) electrons. The molecule has 0 heterocycles. The first kappa shape index (κ1) is 26.4. The number of esters is 1. The van der Waals surface area contributed by atoms with Crippen LogP contribution in [-0.4, -0.2) is 27.6 Å². The summed E-state index contributed by atoms with van der Waals surface area (Å²) in [4.78, 5) is 12.4. The van der Waals surface area contributed by atoms with Gasteiger partial charge in [-0.05, 0) is 63.1 Å². The van der Waals surface area contributed by atoms with E-state index in [0.29, 0.717) is 12.4 Å². The van der Waals surface area contributed by atoms with E-state index in [1.807, 2.05) is 61.5 Å². The average molecular weight is 497 g/mol. The molecular weight excluding hydrogens is 464 g/mol. The van der Waals surface area contributed by atoms with Gasteiger partial charge in [0.25, 0.3) is 10.1 Å². The van der Waals surface area contributed by atoms with Crippen LogP contribution in [0.2, 0.25) is 0 Å². The SMILES string of the molecule is Cc1ccc(S(=O)(=O)OC[C@H](COC(=O)C(C)(C)C)c2ccc(OCc3ccccc3)cc2)cc1. The fourth-order valence-electron chi connectivity index (χ4n) is 3.16. The molecule has 0 saturated heterocycles. The van der Waals surface area contributed by atoms with Crippen LogP contribution in [0.15, 0.2) is 83.8 Å². The van der Waals surface area contributed by atoms with Gasteiger partial charge in [-0.25, -0.2) is 0 Å². The molecule has 0 aliphatic rings. The molecule has 1 atom stereocenters. The summed E-state index contributed by atoms with van der Waals surface area (Å²) in [6.07, 6.45) is 0. The summed E-state index contributed by atoms with van der Waals surface area (Å²) in [6, 6.07) is 23.6. The van der Waals surface area contributed by atoms with E-state index >= 15 is 0 Å². The summed E-state index contributed by atoms with van der Waals surface area (Å²) in [7, 11) is -3.96. The Morgan fingerprint density at radius 2 is 1.49 bits per heavy atom. The normalized spacial score (nSPS) is 12.7. The van der Waals surface area contributed by atoms with Crippen molar-refractivity contribution >= 4 is 16.1 Å². The van der Waals surface area contributed by atoms with E-state index < -0.39 is 21.5 Å². The van der Waals surface area contributed by atoms with Gasteiger partial charge in [0, 0.05) is 5.92 Å². The van der Waals surface area contributed by atoms with E-state index in [0.717, 1.165) is 16.7 Å². The molecule has 0 aromatic heterocycles. The van der Waals surface area contributed by atoms with Gasteiger partial charge in [-0.2, -0.15) is 8.42 Å². The second-order valence-electron chi connectivity index (χ2n) is 9.44. The van der Waals surface area contributed by atoms with Crippen LogP contribution in [0.4, 0.5) is 0 Å². The number of carbonyl (C=O) groups excluding carboxylic acids is 1. The molecule has 3 aromatic rings. The predicted molar refractivity (Wildman–Crippen MR) is 135 cm³/mol. The lowest BCUT2D eigenvalue weighted by Gasteiger charge is -2.21. The molecule has 0 N–H and O–H groups in total. The smallest absolute Gasteiger partial charge is 0.311 e. The molecule has 3 rings (SSSR count). The maximum atomic E-state index is 12.7. The Hall–Kier alpha value is -3.16. The highest BCUT2D eigenvalue weighted by Gasteiger charge is 2.26. The average Bonchev–Trinajstić information content (AvgIpc) is 2.83. The van der Waals surface area contributed by atoms with Gasteiger partial charge in [0.1, 0.15) is 19.0 Å². The van der Waals surface area contributed by atoms with Crippen molar-refractivity contribution in [2.24, 2.45) is 5.41 Å². The number of rotatable bonds is 10. The van der Waals surface area contributed by atoms with Gasteiger partial charge in [0.05, 0.1) is 16.9 Å². The molecule has 0 aliphatic carbocycles. The molecule has 7 heteroatoms. The summed E-state index contributed by atoms with van der Waals surface area (Å²) in [5, 5.41) is 0. The molecule has 0 saturated carbocycles. The van der Waals surface area contributed by atoms with Gasteiger partial charge in [-0.15, -0.1) is 0 Å². The van der Waals surface area contributed by atoms with E-state index in [2.05, 4.69) is 0 Å². The number of ether oxygens (including phenoxy) is 2. The Balaban J connectivity index is 1.72. The van der Waals surface area contributed by atoms with Crippen molar-refractivity contribution in [1.82, 2.24) is 0 Å². The van der Waals surface area contributed by atoms with E-state index in [1.165, 1.54) is 12.1 Å².